The highest BCUT2D eigenvalue weighted by Crippen LogP contribution is 2.09. The Morgan fingerprint density at radius 2 is 2.06 bits per heavy atom. The van der Waals surface area contributed by atoms with Crippen LogP contribution in [0.1, 0.15) is 28.0 Å². The van der Waals surface area contributed by atoms with Crippen molar-refractivity contribution in [2.45, 2.75) is 6.92 Å². The molecule has 0 aliphatic rings. The fourth-order valence-corrected chi connectivity index (χ4v) is 1.20. The van der Waals surface area contributed by atoms with Crippen molar-refractivity contribution in [3.63, 3.8) is 0 Å². The number of likely N-dealkylation sites (N-methyl/N-ethyl adjacent to an activating group) is 1. The molecule has 0 aliphatic heterocycles. The largest absolute Gasteiger partial charge is 0.475 e. The van der Waals surface area contributed by atoms with Crippen LogP contribution in [0.3, 0.4) is 0 Å². The Hall–Kier alpha value is -1.82. The first-order chi connectivity index (χ1) is 8.06. The minimum Gasteiger partial charge on any atom is -0.475 e. The number of furan rings is 1. The van der Waals surface area contributed by atoms with Gasteiger partial charge >= 0.3 is 5.97 Å². The van der Waals surface area contributed by atoms with Gasteiger partial charge < -0.3 is 19.2 Å². The van der Waals surface area contributed by atoms with E-state index in [2.05, 4.69) is 0 Å². The molecule has 1 aromatic rings. The van der Waals surface area contributed by atoms with Gasteiger partial charge in [0, 0.05) is 20.2 Å². The van der Waals surface area contributed by atoms with E-state index in [1.165, 1.54) is 17.0 Å². The minimum absolute atomic E-state index is 0.0152. The molecule has 6 heteroatoms. The van der Waals surface area contributed by atoms with Gasteiger partial charge in [0.25, 0.3) is 5.91 Å². The van der Waals surface area contributed by atoms with Gasteiger partial charge in [-0.05, 0) is 19.1 Å². The number of carbonyl (C=O) groups is 2. The summed E-state index contributed by atoms with van der Waals surface area (Å²) in [6, 6.07) is 2.61. The lowest BCUT2D eigenvalue weighted by Gasteiger charge is -2.15. The first-order valence-corrected chi connectivity index (χ1v) is 5.22. The van der Waals surface area contributed by atoms with Gasteiger partial charge in [-0.3, -0.25) is 4.79 Å². The molecule has 1 rings (SSSR count). The van der Waals surface area contributed by atoms with Crippen LogP contribution in [0.2, 0.25) is 0 Å². The van der Waals surface area contributed by atoms with Gasteiger partial charge in [-0.25, -0.2) is 4.79 Å². The molecule has 6 nitrogen and oxygen atoms in total. The highest BCUT2D eigenvalue weighted by Gasteiger charge is 2.17. The SMILES string of the molecule is CCOCCN(C)C(=O)c1ccc(C(=O)O)o1. The Balaban J connectivity index is 2.58. The van der Waals surface area contributed by atoms with E-state index >= 15 is 0 Å². The third-order valence-corrected chi connectivity index (χ3v) is 2.15. The van der Waals surface area contributed by atoms with Crippen molar-refractivity contribution < 1.29 is 23.8 Å². The number of carbonyl (C=O) groups excluding carboxylic acids is 1. The topological polar surface area (TPSA) is 80.0 Å². The van der Waals surface area contributed by atoms with Gasteiger partial charge in [-0.1, -0.05) is 0 Å². The maximum absolute atomic E-state index is 11.8. The molecular formula is C11H15NO5. The monoisotopic (exact) mass is 241 g/mol. The summed E-state index contributed by atoms with van der Waals surface area (Å²) in [5, 5.41) is 8.65. The van der Waals surface area contributed by atoms with Gasteiger partial charge in [0.2, 0.25) is 5.76 Å². The van der Waals surface area contributed by atoms with Crippen LogP contribution >= 0.6 is 0 Å². The molecule has 0 aliphatic carbocycles. The van der Waals surface area contributed by atoms with E-state index in [0.29, 0.717) is 19.8 Å². The molecule has 17 heavy (non-hydrogen) atoms. The van der Waals surface area contributed by atoms with E-state index in [1.54, 1.807) is 7.05 Å². The average Bonchev–Trinajstić information content (AvgIpc) is 2.77. The molecule has 0 saturated heterocycles. The fourth-order valence-electron chi connectivity index (χ4n) is 1.20. The zero-order valence-electron chi connectivity index (χ0n) is 9.80. The van der Waals surface area contributed by atoms with Crippen LogP contribution < -0.4 is 0 Å². The Morgan fingerprint density at radius 3 is 2.59 bits per heavy atom. The van der Waals surface area contributed by atoms with Gasteiger partial charge in [-0.2, -0.15) is 0 Å². The van der Waals surface area contributed by atoms with Gasteiger partial charge in [-0.15, -0.1) is 0 Å². The number of carboxylic acid groups (broad SMARTS) is 1. The summed E-state index contributed by atoms with van der Waals surface area (Å²) >= 11 is 0. The molecule has 1 amide bonds. The molecule has 0 spiro atoms. The highest BCUT2D eigenvalue weighted by molar-refractivity contribution is 5.93. The predicted octanol–water partition coefficient (Wildman–Crippen LogP) is 1.09. The van der Waals surface area contributed by atoms with E-state index in [4.69, 9.17) is 14.3 Å². The second kappa shape index (κ2) is 6.05. The summed E-state index contributed by atoms with van der Waals surface area (Å²) in [5.41, 5.74) is 0. The first-order valence-electron chi connectivity index (χ1n) is 5.22. The standard InChI is InChI=1S/C11H15NO5/c1-3-16-7-6-12(2)10(13)8-4-5-9(17-8)11(14)15/h4-5H,3,6-7H2,1-2H3,(H,14,15). The Morgan fingerprint density at radius 1 is 1.41 bits per heavy atom. The first kappa shape index (κ1) is 13.2. The summed E-state index contributed by atoms with van der Waals surface area (Å²) in [4.78, 5) is 23.8. The van der Waals surface area contributed by atoms with Crippen molar-refractivity contribution in [1.29, 1.82) is 0 Å². The quantitative estimate of drug-likeness (QED) is 0.754. The van der Waals surface area contributed by atoms with Crippen LogP contribution in [-0.2, 0) is 4.74 Å². The lowest BCUT2D eigenvalue weighted by atomic mass is 10.4. The Kier molecular flexibility index (Phi) is 4.71. The molecule has 0 unspecified atom stereocenters. The van der Waals surface area contributed by atoms with Gasteiger partial charge in [0.05, 0.1) is 6.61 Å². The van der Waals surface area contributed by atoms with Crippen molar-refractivity contribution in [2.24, 2.45) is 0 Å². The molecule has 1 N–H and O–H groups in total. The average molecular weight is 241 g/mol. The summed E-state index contributed by atoms with van der Waals surface area (Å²) in [7, 11) is 1.60. The summed E-state index contributed by atoms with van der Waals surface area (Å²) < 4.78 is 10.0. The zero-order chi connectivity index (χ0) is 12.8. The van der Waals surface area contributed by atoms with Crippen molar-refractivity contribution in [1.82, 2.24) is 4.90 Å². The molecule has 0 aromatic carbocycles. The maximum atomic E-state index is 11.8. The smallest absolute Gasteiger partial charge is 0.371 e. The van der Waals surface area contributed by atoms with Crippen LogP contribution in [0.25, 0.3) is 0 Å². The zero-order valence-corrected chi connectivity index (χ0v) is 9.80. The van der Waals surface area contributed by atoms with Crippen LogP contribution in [0.4, 0.5) is 0 Å². The van der Waals surface area contributed by atoms with E-state index < -0.39 is 5.97 Å². The molecule has 94 valence electrons. The predicted molar refractivity (Wildman–Crippen MR) is 59.1 cm³/mol. The lowest BCUT2D eigenvalue weighted by Crippen LogP contribution is -2.29. The molecule has 1 heterocycles. The van der Waals surface area contributed by atoms with Gasteiger partial charge in [0.15, 0.2) is 5.76 Å². The number of rotatable bonds is 6. The molecular weight excluding hydrogens is 226 g/mol. The lowest BCUT2D eigenvalue weighted by molar-refractivity contribution is 0.0639. The fraction of sp³-hybridized carbons (Fsp3) is 0.455. The number of carboxylic acids is 1. The molecule has 0 saturated carbocycles. The molecule has 1 aromatic heterocycles. The number of aromatic carboxylic acids is 1. The number of amides is 1. The van der Waals surface area contributed by atoms with Crippen LogP contribution in [0.15, 0.2) is 16.5 Å². The van der Waals surface area contributed by atoms with E-state index in [9.17, 15) is 9.59 Å². The second-order valence-electron chi connectivity index (χ2n) is 3.39. The molecule has 0 bridgehead atoms. The van der Waals surface area contributed by atoms with Crippen molar-refractivity contribution in [3.05, 3.63) is 23.7 Å². The number of ether oxygens (including phenoxy) is 1. The number of nitrogens with zero attached hydrogens (tertiary/aromatic N) is 1. The Bertz CT molecular complexity index is 398. The van der Waals surface area contributed by atoms with Crippen LogP contribution in [0, 0.1) is 0 Å². The van der Waals surface area contributed by atoms with Crippen molar-refractivity contribution >= 4 is 11.9 Å². The minimum atomic E-state index is -1.19. The third kappa shape index (κ3) is 3.60. The van der Waals surface area contributed by atoms with E-state index in [1.807, 2.05) is 6.92 Å². The van der Waals surface area contributed by atoms with Crippen LogP contribution in [0.5, 0.6) is 0 Å². The van der Waals surface area contributed by atoms with E-state index in [-0.39, 0.29) is 17.4 Å². The molecule has 0 atom stereocenters. The highest BCUT2D eigenvalue weighted by atomic mass is 16.5. The summed E-state index contributed by atoms with van der Waals surface area (Å²) in [6.45, 7) is 3.32. The van der Waals surface area contributed by atoms with Crippen molar-refractivity contribution in [3.8, 4) is 0 Å². The normalized spacial score (nSPS) is 10.2. The maximum Gasteiger partial charge on any atom is 0.371 e. The number of hydrogen-bond acceptors (Lipinski definition) is 4. The second-order valence-corrected chi connectivity index (χ2v) is 3.39. The van der Waals surface area contributed by atoms with Crippen LogP contribution in [-0.4, -0.2) is 48.7 Å². The van der Waals surface area contributed by atoms with E-state index in [0.717, 1.165) is 0 Å². The summed E-state index contributed by atoms with van der Waals surface area (Å²) in [6.07, 6.45) is 0. The Labute approximate surface area is 98.8 Å². The molecule has 0 fully saturated rings. The molecule has 0 radical (unpaired) electrons. The number of hydrogen-bond donors (Lipinski definition) is 1. The summed E-state index contributed by atoms with van der Waals surface area (Å²) in [5.74, 6) is -1.79. The third-order valence-electron chi connectivity index (χ3n) is 2.15. The van der Waals surface area contributed by atoms with Gasteiger partial charge in [0.1, 0.15) is 0 Å². The van der Waals surface area contributed by atoms with Crippen molar-refractivity contribution in [2.75, 3.05) is 26.8 Å².